The van der Waals surface area contributed by atoms with Gasteiger partial charge >= 0.3 is 0 Å². The van der Waals surface area contributed by atoms with Gasteiger partial charge in [-0.3, -0.25) is 0 Å². The minimum absolute atomic E-state index is 0.235. The van der Waals surface area contributed by atoms with E-state index in [2.05, 4.69) is 181 Å². The molecule has 0 aliphatic carbocycles. The molecule has 0 bridgehead atoms. The van der Waals surface area contributed by atoms with E-state index in [-0.39, 0.29) is 5.82 Å². The molecule has 0 aliphatic heterocycles. The van der Waals surface area contributed by atoms with Gasteiger partial charge in [0.1, 0.15) is 5.82 Å². The lowest BCUT2D eigenvalue weighted by atomic mass is 10.00. The molecule has 2 heterocycles. The van der Waals surface area contributed by atoms with Crippen LogP contribution in [0.15, 0.2) is 212 Å². The largest absolute Gasteiger partial charge is 0.311 e. The Bertz CT molecular complexity index is 3260. The molecular formula is C54H35FN2S. The Morgan fingerprint density at radius 1 is 0.362 bits per heavy atom. The van der Waals surface area contributed by atoms with Gasteiger partial charge in [0.05, 0.1) is 11.0 Å². The fourth-order valence-electron chi connectivity index (χ4n) is 8.56. The first-order valence-corrected chi connectivity index (χ1v) is 20.4. The van der Waals surface area contributed by atoms with E-state index in [0.717, 1.165) is 44.6 Å². The van der Waals surface area contributed by atoms with Crippen molar-refractivity contribution in [2.75, 3.05) is 4.90 Å². The number of aromatic nitrogens is 1. The minimum Gasteiger partial charge on any atom is -0.311 e. The van der Waals surface area contributed by atoms with Crippen molar-refractivity contribution in [3.63, 3.8) is 0 Å². The molecule has 11 aromatic rings. The van der Waals surface area contributed by atoms with Crippen molar-refractivity contribution in [2.24, 2.45) is 0 Å². The SMILES string of the molecule is Fc1cccc2c3ccccc3n(-c3ccc(N(c4ccc(-c5ccccc5)cc4)c4ccc(-c5cccc6c5sc5c(-c7ccccc7)cccc56)cc4)cc3)c12. The average molecular weight is 763 g/mol. The molecular weight excluding hydrogens is 728 g/mol. The van der Waals surface area contributed by atoms with Crippen LogP contribution in [0.2, 0.25) is 0 Å². The summed E-state index contributed by atoms with van der Waals surface area (Å²) in [7, 11) is 0. The fraction of sp³-hybridized carbons (Fsp3) is 0. The summed E-state index contributed by atoms with van der Waals surface area (Å²) in [6, 6.07) is 74.1. The van der Waals surface area contributed by atoms with Crippen LogP contribution in [-0.2, 0) is 0 Å². The second kappa shape index (κ2) is 14.0. The van der Waals surface area contributed by atoms with Gasteiger partial charge in [-0.05, 0) is 94.0 Å². The number of para-hydroxylation sites is 2. The second-order valence-electron chi connectivity index (χ2n) is 14.6. The maximum Gasteiger partial charge on any atom is 0.147 e. The van der Waals surface area contributed by atoms with Crippen LogP contribution in [0.3, 0.4) is 0 Å². The van der Waals surface area contributed by atoms with Crippen molar-refractivity contribution in [1.29, 1.82) is 0 Å². The average Bonchev–Trinajstić information content (AvgIpc) is 3.85. The van der Waals surface area contributed by atoms with Crippen molar-refractivity contribution in [3.05, 3.63) is 218 Å². The van der Waals surface area contributed by atoms with Crippen molar-refractivity contribution in [2.45, 2.75) is 0 Å². The van der Waals surface area contributed by atoms with Crippen LogP contribution < -0.4 is 4.90 Å². The van der Waals surface area contributed by atoms with E-state index in [1.165, 1.54) is 48.0 Å². The zero-order valence-corrected chi connectivity index (χ0v) is 32.2. The number of fused-ring (bicyclic) bond motifs is 6. The predicted octanol–water partition coefficient (Wildman–Crippen LogP) is 15.8. The van der Waals surface area contributed by atoms with Crippen molar-refractivity contribution in [1.82, 2.24) is 4.57 Å². The Kier molecular flexibility index (Phi) is 8.23. The molecule has 0 amide bonds. The molecule has 0 unspecified atom stereocenters. The summed E-state index contributed by atoms with van der Waals surface area (Å²) >= 11 is 1.87. The molecule has 11 rings (SSSR count). The summed E-state index contributed by atoms with van der Waals surface area (Å²) < 4.78 is 20.2. The molecule has 4 heteroatoms. The predicted molar refractivity (Wildman–Crippen MR) is 245 cm³/mol. The minimum atomic E-state index is -0.235. The van der Waals surface area contributed by atoms with Gasteiger partial charge in [0.2, 0.25) is 0 Å². The lowest BCUT2D eigenvalue weighted by Gasteiger charge is -2.26. The lowest BCUT2D eigenvalue weighted by Crippen LogP contribution is -2.10. The number of benzene rings is 9. The highest BCUT2D eigenvalue weighted by Gasteiger charge is 2.19. The summed E-state index contributed by atoms with van der Waals surface area (Å²) in [6.45, 7) is 0. The van der Waals surface area contributed by atoms with E-state index < -0.39 is 0 Å². The Morgan fingerprint density at radius 3 is 1.43 bits per heavy atom. The molecule has 0 radical (unpaired) electrons. The first-order valence-electron chi connectivity index (χ1n) is 19.5. The van der Waals surface area contributed by atoms with Gasteiger partial charge in [0.15, 0.2) is 0 Å². The molecule has 2 aromatic heterocycles. The lowest BCUT2D eigenvalue weighted by molar-refractivity contribution is 0.635. The molecule has 274 valence electrons. The molecule has 2 nitrogen and oxygen atoms in total. The van der Waals surface area contributed by atoms with Gasteiger partial charge < -0.3 is 9.47 Å². The molecule has 0 aliphatic rings. The quantitative estimate of drug-likeness (QED) is 0.157. The maximum atomic E-state index is 15.5. The Morgan fingerprint density at radius 2 is 0.810 bits per heavy atom. The molecule has 0 spiro atoms. The van der Waals surface area contributed by atoms with Crippen molar-refractivity contribution >= 4 is 70.4 Å². The second-order valence-corrected chi connectivity index (χ2v) is 15.7. The highest BCUT2D eigenvalue weighted by Crippen LogP contribution is 2.45. The van der Waals surface area contributed by atoms with E-state index in [9.17, 15) is 0 Å². The molecule has 9 aromatic carbocycles. The highest BCUT2D eigenvalue weighted by molar-refractivity contribution is 7.26. The normalized spacial score (nSPS) is 11.5. The molecule has 58 heavy (non-hydrogen) atoms. The number of rotatable bonds is 7. The third-order valence-electron chi connectivity index (χ3n) is 11.3. The topological polar surface area (TPSA) is 8.17 Å². The van der Waals surface area contributed by atoms with Gasteiger partial charge in [-0.1, -0.05) is 152 Å². The number of anilines is 3. The first kappa shape index (κ1) is 34.0. The smallest absolute Gasteiger partial charge is 0.147 e. The fourth-order valence-corrected chi connectivity index (χ4v) is 9.93. The van der Waals surface area contributed by atoms with Crippen LogP contribution >= 0.6 is 11.3 Å². The van der Waals surface area contributed by atoms with Crippen LogP contribution in [0.25, 0.3) is 81.0 Å². The van der Waals surface area contributed by atoms with Crippen molar-refractivity contribution in [3.8, 4) is 39.1 Å². The highest BCUT2D eigenvalue weighted by atomic mass is 32.1. The molecule has 0 saturated heterocycles. The van der Waals surface area contributed by atoms with Crippen LogP contribution in [0.5, 0.6) is 0 Å². The Labute approximate surface area is 339 Å². The number of hydrogen-bond acceptors (Lipinski definition) is 2. The number of thiophene rings is 1. The van der Waals surface area contributed by atoms with Crippen LogP contribution in [-0.4, -0.2) is 4.57 Å². The van der Waals surface area contributed by atoms with Gasteiger partial charge in [0.25, 0.3) is 0 Å². The van der Waals surface area contributed by atoms with E-state index >= 15 is 4.39 Å². The molecule has 0 fully saturated rings. The summed E-state index contributed by atoms with van der Waals surface area (Å²) in [4.78, 5) is 2.29. The Balaban J connectivity index is 1.01. The third kappa shape index (κ3) is 5.69. The Hall–Kier alpha value is -7.27. The number of halogens is 1. The summed E-state index contributed by atoms with van der Waals surface area (Å²) in [5.74, 6) is -0.235. The van der Waals surface area contributed by atoms with E-state index in [4.69, 9.17) is 0 Å². The molecule has 0 atom stereocenters. The van der Waals surface area contributed by atoms with Gasteiger partial charge in [0, 0.05) is 53.7 Å². The number of nitrogens with zero attached hydrogens (tertiary/aromatic N) is 2. The van der Waals surface area contributed by atoms with Crippen LogP contribution in [0.1, 0.15) is 0 Å². The van der Waals surface area contributed by atoms with Gasteiger partial charge in [-0.15, -0.1) is 11.3 Å². The summed E-state index contributed by atoms with van der Waals surface area (Å²) in [5, 5.41) is 4.51. The standard InChI is InChI=1S/C54H35FN2S/c55-50-22-11-19-47-46-16-7-8-23-51(46)57(52(47)50)43-34-32-42(33-35-43)56(40-28-24-37(25-29-40)36-12-3-1-4-13-36)41-30-26-39(27-31-41)45-18-10-21-49-48-20-9-17-44(53(48)58-54(45)49)38-14-5-2-6-15-38/h1-35H. The van der Waals surface area contributed by atoms with Gasteiger partial charge in [-0.25, -0.2) is 4.39 Å². The van der Waals surface area contributed by atoms with Crippen LogP contribution in [0, 0.1) is 5.82 Å². The van der Waals surface area contributed by atoms with E-state index in [1.54, 1.807) is 12.1 Å². The third-order valence-corrected chi connectivity index (χ3v) is 12.6. The van der Waals surface area contributed by atoms with Gasteiger partial charge in [-0.2, -0.15) is 0 Å². The monoisotopic (exact) mass is 762 g/mol. The zero-order valence-electron chi connectivity index (χ0n) is 31.4. The van der Waals surface area contributed by atoms with Crippen LogP contribution in [0.4, 0.5) is 21.5 Å². The van der Waals surface area contributed by atoms with Crippen molar-refractivity contribution < 1.29 is 4.39 Å². The first-order chi connectivity index (χ1) is 28.7. The number of hydrogen-bond donors (Lipinski definition) is 0. The zero-order chi connectivity index (χ0) is 38.6. The maximum absolute atomic E-state index is 15.5. The summed E-state index contributed by atoms with van der Waals surface area (Å²) in [6.07, 6.45) is 0. The molecule has 0 N–H and O–H groups in total. The molecule has 0 saturated carbocycles. The summed E-state index contributed by atoms with van der Waals surface area (Å²) in [5.41, 5.74) is 12.8. The van der Waals surface area contributed by atoms with E-state index in [1.807, 2.05) is 40.2 Å². The van der Waals surface area contributed by atoms with E-state index in [0.29, 0.717) is 5.52 Å².